The molecule has 0 atom stereocenters. The van der Waals surface area contributed by atoms with Crippen molar-refractivity contribution in [2.24, 2.45) is 0 Å². The van der Waals surface area contributed by atoms with Crippen LogP contribution in [-0.4, -0.2) is 16.9 Å². The molecule has 128 valence electrons. The summed E-state index contributed by atoms with van der Waals surface area (Å²) < 4.78 is 0. The summed E-state index contributed by atoms with van der Waals surface area (Å²) >= 11 is 6.68. The van der Waals surface area contributed by atoms with Crippen molar-refractivity contribution in [2.75, 3.05) is 0 Å². The van der Waals surface area contributed by atoms with Crippen LogP contribution in [0.4, 0.5) is 0 Å². The van der Waals surface area contributed by atoms with E-state index in [-0.39, 0.29) is 12.2 Å². The molecule has 2 rings (SSSR count). The minimum absolute atomic E-state index is 0.0998. The second-order valence-corrected chi connectivity index (χ2v) is 6.47. The molecule has 1 N–H and O–H groups in total. The van der Waals surface area contributed by atoms with Crippen molar-refractivity contribution in [3.05, 3.63) is 70.8 Å². The van der Waals surface area contributed by atoms with Gasteiger partial charge < -0.3 is 5.11 Å². The van der Waals surface area contributed by atoms with Crippen molar-refractivity contribution in [1.82, 2.24) is 0 Å². The van der Waals surface area contributed by atoms with E-state index in [1.54, 1.807) is 6.92 Å². The molecule has 0 spiro atoms. The summed E-state index contributed by atoms with van der Waals surface area (Å²) in [5.41, 5.74) is 4.32. The number of aliphatic carboxylic acids is 1. The van der Waals surface area contributed by atoms with Gasteiger partial charge in [-0.1, -0.05) is 80.4 Å². The van der Waals surface area contributed by atoms with Gasteiger partial charge in [0, 0.05) is 17.1 Å². The van der Waals surface area contributed by atoms with Crippen LogP contribution in [0.5, 0.6) is 0 Å². The van der Waals surface area contributed by atoms with Crippen LogP contribution in [0.25, 0.3) is 0 Å². The largest absolute Gasteiger partial charge is 0.481 e. The van der Waals surface area contributed by atoms with Gasteiger partial charge in [-0.3, -0.25) is 9.59 Å². The fourth-order valence-electron chi connectivity index (χ4n) is 1.95. The van der Waals surface area contributed by atoms with Crippen LogP contribution < -0.4 is 0 Å². The summed E-state index contributed by atoms with van der Waals surface area (Å²) in [5, 5.41) is 10.2. The maximum Gasteiger partial charge on any atom is 0.307 e. The van der Waals surface area contributed by atoms with E-state index in [0.29, 0.717) is 6.42 Å². The molecule has 5 heteroatoms. The predicted octanol–water partition coefficient (Wildman–Crippen LogP) is 4.92. The number of carbonyl (C=O) groups excluding carboxylic acids is 1. The zero-order chi connectivity index (χ0) is 17.9. The maximum absolute atomic E-state index is 10.8. The Kier molecular flexibility index (Phi) is 9.57. The Morgan fingerprint density at radius 1 is 0.750 bits per heavy atom. The average molecular weight is 456 g/mol. The van der Waals surface area contributed by atoms with Gasteiger partial charge in [0.15, 0.2) is 0 Å². The molecule has 0 radical (unpaired) electrons. The predicted molar refractivity (Wildman–Crippen MR) is 104 cm³/mol. The molecule has 0 aliphatic heterocycles. The average Bonchev–Trinajstić information content (AvgIpc) is 2.56. The number of rotatable bonds is 6. The first-order chi connectivity index (χ1) is 11.4. The Morgan fingerprint density at radius 3 is 1.38 bits per heavy atom. The quantitative estimate of drug-likeness (QED) is 0.628. The Morgan fingerprint density at radius 2 is 1.08 bits per heavy atom. The topological polar surface area (TPSA) is 54.4 Å². The summed E-state index contributed by atoms with van der Waals surface area (Å²) in [6.45, 7) is 1.61. The molecule has 0 amide bonds. The van der Waals surface area contributed by atoms with Crippen molar-refractivity contribution >= 4 is 43.6 Å². The highest BCUT2D eigenvalue weighted by Crippen LogP contribution is 2.09. The SMILES string of the molecule is CC(=O)Cc1ccc(CBr)cc1.O=C(O)Cc1ccc(CBr)cc1. The lowest BCUT2D eigenvalue weighted by molar-refractivity contribution is -0.136. The van der Waals surface area contributed by atoms with E-state index < -0.39 is 5.97 Å². The lowest BCUT2D eigenvalue weighted by Gasteiger charge is -1.98. The molecule has 0 saturated heterocycles. The smallest absolute Gasteiger partial charge is 0.307 e. The van der Waals surface area contributed by atoms with Crippen LogP contribution in [0.2, 0.25) is 0 Å². The lowest BCUT2D eigenvalue weighted by atomic mass is 10.1. The Bertz CT molecular complexity index is 590. The minimum Gasteiger partial charge on any atom is -0.481 e. The molecule has 0 aromatic heterocycles. The lowest BCUT2D eigenvalue weighted by Crippen LogP contribution is -1.99. The molecule has 2 aromatic rings. The van der Waals surface area contributed by atoms with Gasteiger partial charge in [-0.15, -0.1) is 0 Å². The number of carbonyl (C=O) groups is 2. The van der Waals surface area contributed by atoms with Gasteiger partial charge in [0.05, 0.1) is 6.42 Å². The number of alkyl halides is 2. The van der Waals surface area contributed by atoms with E-state index in [4.69, 9.17) is 5.11 Å². The van der Waals surface area contributed by atoms with Crippen LogP contribution in [0, 0.1) is 0 Å². The number of hydrogen-bond acceptors (Lipinski definition) is 2. The molecule has 0 bridgehead atoms. The number of carboxylic acids is 1. The summed E-state index contributed by atoms with van der Waals surface area (Å²) in [5.74, 6) is -0.580. The Balaban J connectivity index is 0.000000240. The van der Waals surface area contributed by atoms with E-state index in [1.807, 2.05) is 48.5 Å². The van der Waals surface area contributed by atoms with Gasteiger partial charge in [-0.25, -0.2) is 0 Å². The fourth-order valence-corrected chi connectivity index (χ4v) is 2.70. The molecular weight excluding hydrogens is 436 g/mol. The Hall–Kier alpha value is -1.46. The second kappa shape index (κ2) is 11.2. The van der Waals surface area contributed by atoms with E-state index in [0.717, 1.165) is 27.4 Å². The molecule has 3 nitrogen and oxygen atoms in total. The fraction of sp³-hybridized carbons (Fsp3) is 0.263. The molecule has 0 aliphatic carbocycles. The summed E-state index contributed by atoms with van der Waals surface area (Å²) in [6.07, 6.45) is 0.644. The van der Waals surface area contributed by atoms with Crippen LogP contribution in [-0.2, 0) is 33.1 Å². The zero-order valence-corrected chi connectivity index (χ0v) is 16.6. The summed E-state index contributed by atoms with van der Waals surface area (Å²) in [4.78, 5) is 21.1. The van der Waals surface area contributed by atoms with Crippen molar-refractivity contribution in [1.29, 1.82) is 0 Å². The number of Topliss-reactive ketones (excluding diaryl/α,β-unsaturated/α-hetero) is 1. The first-order valence-electron chi connectivity index (χ1n) is 7.43. The van der Waals surface area contributed by atoms with Gasteiger partial charge in [0.25, 0.3) is 0 Å². The van der Waals surface area contributed by atoms with E-state index in [9.17, 15) is 9.59 Å². The molecule has 2 aromatic carbocycles. The number of benzene rings is 2. The van der Waals surface area contributed by atoms with Crippen LogP contribution in [0.3, 0.4) is 0 Å². The van der Waals surface area contributed by atoms with Crippen molar-refractivity contribution in [2.45, 2.75) is 30.4 Å². The van der Waals surface area contributed by atoms with E-state index in [1.165, 1.54) is 5.56 Å². The normalized spacial score (nSPS) is 9.79. The van der Waals surface area contributed by atoms with Crippen LogP contribution in [0.15, 0.2) is 48.5 Å². The molecular formula is C19H20Br2O3. The molecule has 0 aliphatic rings. The molecule has 0 saturated carbocycles. The Labute approximate surface area is 159 Å². The number of hydrogen-bond donors (Lipinski definition) is 1. The number of carboxylic acid groups (broad SMARTS) is 1. The second-order valence-electron chi connectivity index (χ2n) is 5.35. The molecule has 0 heterocycles. The van der Waals surface area contributed by atoms with Gasteiger partial charge in [-0.05, 0) is 29.2 Å². The standard InChI is InChI=1S/C10H11BrO.C9H9BrO2/c1-8(12)6-9-2-4-10(7-11)5-3-9;10-6-8-3-1-7(2-4-8)5-9(11)12/h2-5H,6-7H2,1H3;1-4H,5-6H2,(H,11,12). The first kappa shape index (κ1) is 20.6. The van der Waals surface area contributed by atoms with Crippen molar-refractivity contribution in [3.8, 4) is 0 Å². The summed E-state index contributed by atoms with van der Waals surface area (Å²) in [7, 11) is 0. The van der Waals surface area contributed by atoms with E-state index in [2.05, 4.69) is 31.9 Å². The van der Waals surface area contributed by atoms with Gasteiger partial charge in [-0.2, -0.15) is 0 Å². The third-order valence-electron chi connectivity index (χ3n) is 3.16. The van der Waals surface area contributed by atoms with Crippen LogP contribution in [0.1, 0.15) is 29.2 Å². The van der Waals surface area contributed by atoms with Gasteiger partial charge in [0.1, 0.15) is 5.78 Å². The van der Waals surface area contributed by atoms with Crippen molar-refractivity contribution < 1.29 is 14.7 Å². The van der Waals surface area contributed by atoms with E-state index >= 15 is 0 Å². The van der Waals surface area contributed by atoms with Crippen molar-refractivity contribution in [3.63, 3.8) is 0 Å². The highest BCUT2D eigenvalue weighted by Gasteiger charge is 1.99. The zero-order valence-electron chi connectivity index (χ0n) is 13.5. The van der Waals surface area contributed by atoms with Gasteiger partial charge >= 0.3 is 5.97 Å². The molecule has 24 heavy (non-hydrogen) atoms. The third-order valence-corrected chi connectivity index (χ3v) is 4.46. The van der Waals surface area contributed by atoms with Gasteiger partial charge in [0.2, 0.25) is 0 Å². The number of halogens is 2. The monoisotopic (exact) mass is 454 g/mol. The minimum atomic E-state index is -0.790. The molecule has 0 unspecified atom stereocenters. The molecule has 0 fully saturated rings. The van der Waals surface area contributed by atoms with Crippen LogP contribution >= 0.6 is 31.9 Å². The maximum atomic E-state index is 10.8. The third kappa shape index (κ3) is 8.41. The first-order valence-corrected chi connectivity index (χ1v) is 9.67. The number of ketones is 1. The highest BCUT2D eigenvalue weighted by atomic mass is 79.9. The summed E-state index contributed by atoms with van der Waals surface area (Å²) in [6, 6.07) is 15.6. The highest BCUT2D eigenvalue weighted by molar-refractivity contribution is 9.08.